The first-order chi connectivity index (χ1) is 9.58. The van der Waals surface area contributed by atoms with E-state index in [-0.39, 0.29) is 16.4 Å². The summed E-state index contributed by atoms with van der Waals surface area (Å²) in [6.07, 6.45) is 6.04. The Morgan fingerprint density at radius 3 is 2.70 bits per heavy atom. The van der Waals surface area contributed by atoms with Crippen LogP contribution in [0.25, 0.3) is 0 Å². The molecule has 20 heavy (non-hydrogen) atoms. The van der Waals surface area contributed by atoms with E-state index in [9.17, 15) is 14.7 Å². The van der Waals surface area contributed by atoms with Crippen LogP contribution in [0.15, 0.2) is 0 Å². The van der Waals surface area contributed by atoms with Gasteiger partial charge in [-0.15, -0.1) is 0 Å². The van der Waals surface area contributed by atoms with Gasteiger partial charge in [-0.2, -0.15) is 0 Å². The van der Waals surface area contributed by atoms with Gasteiger partial charge in [-0.25, -0.2) is 9.78 Å². The van der Waals surface area contributed by atoms with Crippen molar-refractivity contribution in [3.05, 3.63) is 10.6 Å². The molecule has 1 aromatic heterocycles. The Balaban J connectivity index is 1.95. The van der Waals surface area contributed by atoms with Crippen LogP contribution in [0.3, 0.4) is 0 Å². The van der Waals surface area contributed by atoms with E-state index in [2.05, 4.69) is 9.88 Å². The number of hydrogen-bond donors (Lipinski definition) is 1. The van der Waals surface area contributed by atoms with Gasteiger partial charge in [-0.1, -0.05) is 17.8 Å². The first-order valence-corrected chi connectivity index (χ1v) is 7.91. The van der Waals surface area contributed by atoms with Gasteiger partial charge >= 0.3 is 5.97 Å². The van der Waals surface area contributed by atoms with Crippen molar-refractivity contribution in [1.82, 2.24) is 4.98 Å². The average molecular weight is 294 g/mol. The van der Waals surface area contributed by atoms with Gasteiger partial charge in [0.05, 0.1) is 0 Å². The van der Waals surface area contributed by atoms with Crippen LogP contribution in [0, 0.1) is 5.92 Å². The quantitative estimate of drug-likeness (QED) is 0.868. The highest BCUT2D eigenvalue weighted by molar-refractivity contribution is 7.17. The zero-order valence-corrected chi connectivity index (χ0v) is 12.3. The molecule has 0 radical (unpaired) electrons. The van der Waals surface area contributed by atoms with Crippen molar-refractivity contribution in [2.45, 2.75) is 45.1 Å². The number of piperidine rings is 1. The summed E-state index contributed by atoms with van der Waals surface area (Å²) < 4.78 is 0. The minimum Gasteiger partial charge on any atom is -0.476 e. The molecular weight excluding hydrogens is 276 g/mol. The molecule has 1 saturated heterocycles. The first-order valence-electron chi connectivity index (χ1n) is 7.09. The van der Waals surface area contributed by atoms with E-state index >= 15 is 0 Å². The van der Waals surface area contributed by atoms with Gasteiger partial charge < -0.3 is 10.0 Å². The number of aromatic carboxylic acids is 1. The topological polar surface area (TPSA) is 70.5 Å². The molecule has 0 amide bonds. The zero-order chi connectivity index (χ0) is 14.3. The maximum absolute atomic E-state index is 11.6. The van der Waals surface area contributed by atoms with Crippen molar-refractivity contribution in [2.75, 3.05) is 11.4 Å². The van der Waals surface area contributed by atoms with Gasteiger partial charge in [0.15, 0.2) is 16.6 Å². The Bertz CT molecular complexity index is 523. The standard InChI is InChI=1S/C14H18N2O3S/c1-8(17)12-11(13(18)19)15-14(20-12)16-7-3-5-9-4-2-6-10(9)16/h9-10H,2-7H2,1H3,(H,18,19). The molecule has 2 fully saturated rings. The monoisotopic (exact) mass is 294 g/mol. The molecule has 6 heteroatoms. The third-order valence-corrected chi connectivity index (χ3v) is 5.57. The third kappa shape index (κ3) is 2.22. The van der Waals surface area contributed by atoms with E-state index in [4.69, 9.17) is 0 Å². The molecule has 2 aliphatic rings. The van der Waals surface area contributed by atoms with Gasteiger partial charge in [-0.05, 0) is 31.6 Å². The van der Waals surface area contributed by atoms with Crippen LogP contribution in [-0.2, 0) is 0 Å². The lowest BCUT2D eigenvalue weighted by atomic mass is 9.92. The summed E-state index contributed by atoms with van der Waals surface area (Å²) in [5.74, 6) is -0.620. The number of thiazole rings is 1. The molecular formula is C14H18N2O3S. The molecule has 2 heterocycles. The third-order valence-electron chi connectivity index (χ3n) is 4.38. The lowest BCUT2D eigenvalue weighted by Gasteiger charge is -2.37. The number of carboxylic acid groups (broad SMARTS) is 1. The predicted octanol–water partition coefficient (Wildman–Crippen LogP) is 2.81. The fourth-order valence-electron chi connectivity index (χ4n) is 3.51. The normalized spacial score (nSPS) is 25.6. The summed E-state index contributed by atoms with van der Waals surface area (Å²) in [7, 11) is 0. The Kier molecular flexibility index (Phi) is 3.50. The molecule has 1 N–H and O–H groups in total. The lowest BCUT2D eigenvalue weighted by Crippen LogP contribution is -2.42. The highest BCUT2D eigenvalue weighted by Gasteiger charge is 2.37. The number of rotatable bonds is 3. The van der Waals surface area contributed by atoms with E-state index in [0.29, 0.717) is 17.1 Å². The van der Waals surface area contributed by atoms with Crippen LogP contribution >= 0.6 is 11.3 Å². The highest BCUT2D eigenvalue weighted by Crippen LogP contribution is 2.40. The largest absolute Gasteiger partial charge is 0.476 e. The summed E-state index contributed by atoms with van der Waals surface area (Å²) in [6, 6.07) is 0.483. The van der Waals surface area contributed by atoms with Crippen molar-refractivity contribution >= 4 is 28.2 Å². The van der Waals surface area contributed by atoms with Crippen molar-refractivity contribution in [3.8, 4) is 0 Å². The smallest absolute Gasteiger partial charge is 0.356 e. The number of carboxylic acids is 1. The molecule has 3 rings (SSSR count). The minimum absolute atomic E-state index is 0.0855. The van der Waals surface area contributed by atoms with E-state index in [1.165, 1.54) is 37.5 Å². The zero-order valence-electron chi connectivity index (χ0n) is 11.5. The Morgan fingerprint density at radius 1 is 1.30 bits per heavy atom. The van der Waals surface area contributed by atoms with Gasteiger partial charge in [0, 0.05) is 19.5 Å². The number of carbonyl (C=O) groups is 2. The van der Waals surface area contributed by atoms with E-state index in [0.717, 1.165) is 19.4 Å². The second-order valence-electron chi connectivity index (χ2n) is 5.63. The second kappa shape index (κ2) is 5.16. The molecule has 1 saturated carbocycles. The molecule has 1 aliphatic carbocycles. The number of hydrogen-bond acceptors (Lipinski definition) is 5. The van der Waals surface area contributed by atoms with E-state index < -0.39 is 5.97 Å². The number of ketones is 1. The lowest BCUT2D eigenvalue weighted by molar-refractivity contribution is 0.0687. The summed E-state index contributed by atoms with van der Waals surface area (Å²) in [5, 5.41) is 9.90. The number of fused-ring (bicyclic) bond motifs is 1. The summed E-state index contributed by atoms with van der Waals surface area (Å²) in [6.45, 7) is 2.32. The van der Waals surface area contributed by atoms with Crippen LogP contribution in [0.1, 0.15) is 59.2 Å². The minimum atomic E-state index is -1.11. The Labute approximate surface area is 121 Å². The SMILES string of the molecule is CC(=O)c1sc(N2CCCC3CCCC32)nc1C(=O)O. The molecule has 0 aromatic carbocycles. The number of anilines is 1. The van der Waals surface area contributed by atoms with Gasteiger partial charge in [0.1, 0.15) is 4.88 Å². The second-order valence-corrected chi connectivity index (χ2v) is 6.61. The number of aromatic nitrogens is 1. The number of nitrogens with zero attached hydrogens (tertiary/aromatic N) is 2. The number of carbonyl (C=O) groups excluding carboxylic acids is 1. The van der Waals surface area contributed by atoms with Crippen molar-refractivity contribution in [1.29, 1.82) is 0 Å². The summed E-state index contributed by atoms with van der Waals surface area (Å²) >= 11 is 1.24. The molecule has 108 valence electrons. The van der Waals surface area contributed by atoms with Gasteiger partial charge in [0.25, 0.3) is 0 Å². The molecule has 1 aliphatic heterocycles. The summed E-state index contributed by atoms with van der Waals surface area (Å²) in [5.41, 5.74) is -0.0855. The van der Waals surface area contributed by atoms with Crippen LogP contribution in [0.5, 0.6) is 0 Å². The average Bonchev–Trinajstić information content (AvgIpc) is 3.04. The molecule has 5 nitrogen and oxygen atoms in total. The van der Waals surface area contributed by atoms with Gasteiger partial charge in [-0.3, -0.25) is 4.79 Å². The van der Waals surface area contributed by atoms with Crippen LogP contribution in [0.4, 0.5) is 5.13 Å². The molecule has 0 spiro atoms. The molecule has 2 unspecified atom stereocenters. The van der Waals surface area contributed by atoms with Crippen molar-refractivity contribution in [3.63, 3.8) is 0 Å². The van der Waals surface area contributed by atoms with E-state index in [1.807, 2.05) is 0 Å². The molecule has 0 bridgehead atoms. The van der Waals surface area contributed by atoms with Crippen molar-refractivity contribution in [2.24, 2.45) is 5.92 Å². The van der Waals surface area contributed by atoms with Crippen molar-refractivity contribution < 1.29 is 14.7 Å². The fourth-order valence-corrected chi connectivity index (χ4v) is 4.54. The van der Waals surface area contributed by atoms with Crippen LogP contribution < -0.4 is 4.90 Å². The van der Waals surface area contributed by atoms with Crippen LogP contribution in [-0.4, -0.2) is 34.4 Å². The molecule has 2 atom stereocenters. The number of Topliss-reactive ketones (excluding diaryl/α,β-unsaturated/α-hetero) is 1. The first kappa shape index (κ1) is 13.5. The van der Waals surface area contributed by atoms with Crippen LogP contribution in [0.2, 0.25) is 0 Å². The molecule has 1 aromatic rings. The maximum Gasteiger partial charge on any atom is 0.356 e. The predicted molar refractivity (Wildman–Crippen MR) is 76.8 cm³/mol. The Hall–Kier alpha value is -1.43. The van der Waals surface area contributed by atoms with Gasteiger partial charge in [0.2, 0.25) is 0 Å². The summed E-state index contributed by atoms with van der Waals surface area (Å²) in [4.78, 5) is 29.6. The Morgan fingerprint density at radius 2 is 2.05 bits per heavy atom. The highest BCUT2D eigenvalue weighted by atomic mass is 32.1. The maximum atomic E-state index is 11.6. The van der Waals surface area contributed by atoms with E-state index in [1.54, 1.807) is 0 Å². The fraction of sp³-hybridized carbons (Fsp3) is 0.643.